The highest BCUT2D eigenvalue weighted by molar-refractivity contribution is 8.00. The summed E-state index contributed by atoms with van der Waals surface area (Å²) < 4.78 is 24.9. The van der Waals surface area contributed by atoms with Crippen LogP contribution in [0.1, 0.15) is 24.5 Å². The molecule has 0 N–H and O–H groups in total. The normalized spacial score (nSPS) is 17.0. The Morgan fingerprint density at radius 3 is 2.81 bits per heavy atom. The van der Waals surface area contributed by atoms with Crippen LogP contribution in [-0.4, -0.2) is 35.9 Å². The van der Waals surface area contributed by atoms with Crippen molar-refractivity contribution in [3.63, 3.8) is 0 Å². The van der Waals surface area contributed by atoms with Gasteiger partial charge in [-0.3, -0.25) is 4.79 Å². The number of rotatable bonds is 3. The number of carbonyl (C=O) groups excluding carboxylic acids is 1. The van der Waals surface area contributed by atoms with E-state index in [2.05, 4.69) is 11.1 Å². The summed E-state index contributed by atoms with van der Waals surface area (Å²) in [5, 5.41) is 10.9. The van der Waals surface area contributed by atoms with E-state index in [0.717, 1.165) is 29.5 Å². The Morgan fingerprint density at radius 1 is 1.25 bits per heavy atom. The average molecular weight is 450 g/mol. The Labute approximate surface area is 188 Å². The Bertz CT molecular complexity index is 1270. The number of thioether (sulfide) groups is 1. The molecule has 0 fully saturated rings. The second-order valence-electron chi connectivity index (χ2n) is 7.85. The molecule has 0 saturated carbocycles. The van der Waals surface area contributed by atoms with Crippen molar-refractivity contribution >= 4 is 34.3 Å². The minimum atomic E-state index is -0.296. The van der Waals surface area contributed by atoms with E-state index in [9.17, 15) is 14.4 Å². The van der Waals surface area contributed by atoms with Gasteiger partial charge in [-0.2, -0.15) is 5.26 Å². The van der Waals surface area contributed by atoms with Crippen molar-refractivity contribution < 1.29 is 18.7 Å². The molecule has 3 heterocycles. The lowest BCUT2D eigenvalue weighted by Crippen LogP contribution is -2.43. The van der Waals surface area contributed by atoms with Crippen LogP contribution in [0.3, 0.4) is 0 Å². The Kier molecular flexibility index (Phi) is 5.35. The molecule has 5 rings (SSSR count). The number of carbonyl (C=O) groups is 1. The van der Waals surface area contributed by atoms with Gasteiger partial charge < -0.3 is 14.4 Å². The molecule has 0 bridgehead atoms. The summed E-state index contributed by atoms with van der Waals surface area (Å²) in [7, 11) is 0. The van der Waals surface area contributed by atoms with E-state index in [4.69, 9.17) is 9.47 Å². The third-order valence-corrected chi connectivity index (χ3v) is 6.71. The van der Waals surface area contributed by atoms with Crippen LogP contribution in [0.2, 0.25) is 0 Å². The van der Waals surface area contributed by atoms with Crippen molar-refractivity contribution in [1.29, 1.82) is 5.26 Å². The van der Waals surface area contributed by atoms with Crippen molar-refractivity contribution in [1.82, 2.24) is 4.98 Å². The van der Waals surface area contributed by atoms with Crippen LogP contribution < -0.4 is 14.4 Å². The summed E-state index contributed by atoms with van der Waals surface area (Å²) >= 11 is 1.23. The highest BCUT2D eigenvalue weighted by Crippen LogP contribution is 2.36. The van der Waals surface area contributed by atoms with Gasteiger partial charge in [-0.1, -0.05) is 11.8 Å². The number of benzene rings is 2. The second-order valence-corrected chi connectivity index (χ2v) is 8.82. The zero-order chi connectivity index (χ0) is 22.2. The molecule has 32 heavy (non-hydrogen) atoms. The van der Waals surface area contributed by atoms with Gasteiger partial charge in [-0.05, 0) is 55.7 Å². The molecule has 1 aromatic heterocycles. The third-order valence-electron chi connectivity index (χ3n) is 5.74. The molecule has 6 nitrogen and oxygen atoms in total. The molecule has 0 unspecified atom stereocenters. The van der Waals surface area contributed by atoms with Gasteiger partial charge in [-0.25, -0.2) is 9.37 Å². The van der Waals surface area contributed by atoms with Gasteiger partial charge >= 0.3 is 0 Å². The van der Waals surface area contributed by atoms with Crippen LogP contribution in [-0.2, 0) is 11.2 Å². The molecular formula is C24H20FN3O3S. The van der Waals surface area contributed by atoms with Crippen molar-refractivity contribution in [3.05, 3.63) is 53.3 Å². The smallest absolute Gasteiger partial charge is 0.237 e. The molecule has 0 saturated heterocycles. The van der Waals surface area contributed by atoms with Crippen molar-refractivity contribution in [2.24, 2.45) is 0 Å². The fourth-order valence-electron chi connectivity index (χ4n) is 4.18. The van der Waals surface area contributed by atoms with Gasteiger partial charge in [0.1, 0.15) is 30.1 Å². The van der Waals surface area contributed by atoms with Gasteiger partial charge in [0.15, 0.2) is 11.5 Å². The quantitative estimate of drug-likeness (QED) is 0.549. The number of aromatic nitrogens is 1. The number of anilines is 1. The molecule has 0 aliphatic carbocycles. The highest BCUT2D eigenvalue weighted by Gasteiger charge is 2.28. The van der Waals surface area contributed by atoms with E-state index in [1.54, 1.807) is 23.1 Å². The Balaban J connectivity index is 1.41. The van der Waals surface area contributed by atoms with Crippen LogP contribution in [0.25, 0.3) is 10.9 Å². The summed E-state index contributed by atoms with van der Waals surface area (Å²) in [5.74, 6) is 0.996. The van der Waals surface area contributed by atoms with Gasteiger partial charge in [0, 0.05) is 23.2 Å². The maximum Gasteiger partial charge on any atom is 0.237 e. The summed E-state index contributed by atoms with van der Waals surface area (Å²) in [5.41, 5.74) is 2.68. The van der Waals surface area contributed by atoms with Crippen LogP contribution in [0.15, 0.2) is 41.4 Å². The summed E-state index contributed by atoms with van der Waals surface area (Å²) in [6, 6.07) is 12.1. The number of pyridine rings is 1. The fourth-order valence-corrected chi connectivity index (χ4v) is 5.01. The molecule has 1 atom stereocenters. The van der Waals surface area contributed by atoms with Crippen molar-refractivity contribution in [3.8, 4) is 17.6 Å². The monoisotopic (exact) mass is 449 g/mol. The van der Waals surface area contributed by atoms with E-state index < -0.39 is 0 Å². The molecule has 0 spiro atoms. The lowest BCUT2D eigenvalue weighted by molar-refractivity contribution is -0.116. The van der Waals surface area contributed by atoms with E-state index in [1.165, 1.54) is 23.9 Å². The number of nitriles is 1. The zero-order valence-corrected chi connectivity index (χ0v) is 18.2. The van der Waals surface area contributed by atoms with Gasteiger partial charge in [-0.15, -0.1) is 0 Å². The number of amides is 1. The van der Waals surface area contributed by atoms with E-state index in [-0.39, 0.29) is 23.5 Å². The summed E-state index contributed by atoms with van der Waals surface area (Å²) in [4.78, 5) is 19.5. The van der Waals surface area contributed by atoms with E-state index in [0.29, 0.717) is 40.8 Å². The molecule has 162 valence electrons. The first-order valence-corrected chi connectivity index (χ1v) is 11.4. The number of nitrogens with zero attached hydrogens (tertiary/aromatic N) is 3. The molecule has 2 aliphatic heterocycles. The number of hydrogen-bond donors (Lipinski definition) is 0. The van der Waals surface area contributed by atoms with E-state index >= 15 is 0 Å². The molecule has 1 amide bonds. The summed E-state index contributed by atoms with van der Waals surface area (Å²) in [6.07, 6.45) is 1.52. The molecule has 8 heteroatoms. The van der Waals surface area contributed by atoms with Gasteiger partial charge in [0.05, 0.1) is 16.8 Å². The van der Waals surface area contributed by atoms with Crippen LogP contribution >= 0.6 is 11.8 Å². The Morgan fingerprint density at radius 2 is 2.03 bits per heavy atom. The van der Waals surface area contributed by atoms with Crippen LogP contribution in [0.5, 0.6) is 11.5 Å². The Hall–Kier alpha value is -3.31. The molecule has 0 radical (unpaired) electrons. The number of halogens is 1. The summed E-state index contributed by atoms with van der Waals surface area (Å²) in [6.45, 7) is 2.96. The van der Waals surface area contributed by atoms with Crippen LogP contribution in [0.4, 0.5) is 10.1 Å². The number of hydrogen-bond acceptors (Lipinski definition) is 6. The van der Waals surface area contributed by atoms with Crippen LogP contribution in [0, 0.1) is 17.1 Å². The highest BCUT2D eigenvalue weighted by atomic mass is 32.2. The number of aryl methyl sites for hydroxylation is 1. The largest absolute Gasteiger partial charge is 0.486 e. The standard InChI is InChI=1S/C24H20FN3O3S/c1-14-2-3-15-9-18(25)4-5-20(15)28(14)23(29)13-32-24-17(12-26)8-16-10-21-22(11-19(16)27-24)31-7-6-30-21/h4-5,8-11,14H,2-3,6-7,13H2,1H3/t14-/m0/s1. The lowest BCUT2D eigenvalue weighted by Gasteiger charge is -2.35. The van der Waals surface area contributed by atoms with Gasteiger partial charge in [0.25, 0.3) is 0 Å². The predicted octanol–water partition coefficient (Wildman–Crippen LogP) is 4.48. The first-order valence-electron chi connectivity index (χ1n) is 10.4. The first-order chi connectivity index (χ1) is 15.5. The van der Waals surface area contributed by atoms with Crippen molar-refractivity contribution in [2.75, 3.05) is 23.9 Å². The first kappa shape index (κ1) is 20.6. The zero-order valence-electron chi connectivity index (χ0n) is 17.4. The predicted molar refractivity (Wildman–Crippen MR) is 120 cm³/mol. The maximum atomic E-state index is 13.6. The molecular weight excluding hydrogens is 429 g/mol. The molecule has 3 aromatic rings. The second kappa shape index (κ2) is 8.32. The SMILES string of the molecule is C[C@H]1CCc2cc(F)ccc2N1C(=O)CSc1nc2cc3c(cc2cc1C#N)OCCO3. The van der Waals surface area contributed by atoms with E-state index in [1.807, 2.05) is 13.0 Å². The minimum absolute atomic E-state index is 0.0183. The molecule has 2 aromatic carbocycles. The fraction of sp³-hybridized carbons (Fsp3) is 0.292. The van der Waals surface area contributed by atoms with Gasteiger partial charge in [0.2, 0.25) is 5.91 Å². The number of ether oxygens (including phenoxy) is 2. The molecule has 2 aliphatic rings. The third kappa shape index (κ3) is 3.73. The number of fused-ring (bicyclic) bond motifs is 3. The average Bonchev–Trinajstić information content (AvgIpc) is 2.80. The lowest BCUT2D eigenvalue weighted by atomic mass is 9.96. The van der Waals surface area contributed by atoms with Crippen molar-refractivity contribution in [2.45, 2.75) is 30.8 Å². The maximum absolute atomic E-state index is 13.6. The minimum Gasteiger partial charge on any atom is -0.486 e. The topological polar surface area (TPSA) is 75.5 Å².